The molecule has 1 aromatic rings. The van der Waals surface area contributed by atoms with Crippen LogP contribution >= 0.6 is 12.6 Å². The summed E-state index contributed by atoms with van der Waals surface area (Å²) in [6.45, 7) is -0.692. The zero-order valence-electron chi connectivity index (χ0n) is 18.1. The summed E-state index contributed by atoms with van der Waals surface area (Å²) in [4.78, 5) is 60.2. The Labute approximate surface area is 200 Å². The Bertz CT molecular complexity index is 882. The number of benzene rings is 1. The van der Waals surface area contributed by atoms with E-state index < -0.39 is 60.4 Å². The normalized spacial score (nSPS) is 14.2. The fraction of sp³-hybridized carbons (Fsp3) is 0.450. The molecule has 14 heteroatoms. The second-order valence-corrected chi connectivity index (χ2v) is 7.73. The lowest BCUT2D eigenvalue weighted by Gasteiger charge is -2.25. The first-order valence-electron chi connectivity index (χ1n) is 10.2. The average Bonchev–Trinajstić information content (AvgIpc) is 2.79. The molecular weight excluding hydrogens is 470 g/mol. The van der Waals surface area contributed by atoms with Crippen LogP contribution in [0, 0.1) is 0 Å². The molecule has 10 N–H and O–H groups in total. The van der Waals surface area contributed by atoms with E-state index in [4.69, 9.17) is 16.6 Å². The number of rotatable bonds is 14. The predicted molar refractivity (Wildman–Crippen MR) is 123 cm³/mol. The van der Waals surface area contributed by atoms with E-state index in [1.54, 1.807) is 0 Å². The molecule has 0 radical (unpaired) electrons. The molecule has 0 spiro atoms. The first-order chi connectivity index (χ1) is 16.0. The van der Waals surface area contributed by atoms with Crippen LogP contribution in [-0.4, -0.2) is 81.4 Å². The lowest BCUT2D eigenvalue weighted by Crippen LogP contribution is -2.58. The topological polar surface area (TPSA) is 234 Å². The van der Waals surface area contributed by atoms with Crippen LogP contribution < -0.4 is 27.4 Å². The van der Waals surface area contributed by atoms with Crippen LogP contribution in [0.3, 0.4) is 0 Å². The van der Waals surface area contributed by atoms with E-state index in [0.29, 0.717) is 5.56 Å². The number of primary amides is 1. The quantitative estimate of drug-likeness (QED) is 0.118. The molecular formula is C20H29N5O8S. The number of nitrogens with one attached hydrogen (secondary N) is 3. The van der Waals surface area contributed by atoms with Crippen LogP contribution in [0.15, 0.2) is 24.3 Å². The number of aromatic hydroxyl groups is 1. The van der Waals surface area contributed by atoms with Crippen molar-refractivity contribution in [2.45, 2.75) is 43.4 Å². The third kappa shape index (κ3) is 9.64. The maximum atomic E-state index is 12.9. The van der Waals surface area contributed by atoms with Crippen molar-refractivity contribution in [2.75, 3.05) is 12.4 Å². The zero-order chi connectivity index (χ0) is 25.8. The molecule has 0 aliphatic rings. The molecule has 1 rings (SSSR count). The van der Waals surface area contributed by atoms with Gasteiger partial charge in [0, 0.05) is 18.6 Å². The van der Waals surface area contributed by atoms with Crippen molar-refractivity contribution in [3.63, 3.8) is 0 Å². The number of nitrogens with two attached hydrogens (primary N) is 2. The van der Waals surface area contributed by atoms with Gasteiger partial charge in [-0.3, -0.25) is 19.2 Å². The van der Waals surface area contributed by atoms with Crippen molar-refractivity contribution in [2.24, 2.45) is 11.5 Å². The number of carbonyl (C=O) groups excluding carboxylic acids is 4. The summed E-state index contributed by atoms with van der Waals surface area (Å²) in [5.74, 6) is -4.88. The summed E-state index contributed by atoms with van der Waals surface area (Å²) in [7, 11) is 0. The van der Waals surface area contributed by atoms with Gasteiger partial charge in [0.05, 0.1) is 6.61 Å². The highest BCUT2D eigenvalue weighted by atomic mass is 32.1. The molecule has 0 saturated carbocycles. The molecule has 0 aliphatic heterocycles. The van der Waals surface area contributed by atoms with Crippen molar-refractivity contribution in [3.05, 3.63) is 29.8 Å². The van der Waals surface area contributed by atoms with Gasteiger partial charge in [0.1, 0.15) is 29.9 Å². The van der Waals surface area contributed by atoms with Gasteiger partial charge in [-0.2, -0.15) is 12.6 Å². The Morgan fingerprint density at radius 1 is 0.912 bits per heavy atom. The number of carboxylic acid groups (broad SMARTS) is 1. The maximum Gasteiger partial charge on any atom is 0.327 e. The average molecular weight is 500 g/mol. The van der Waals surface area contributed by atoms with E-state index in [9.17, 15) is 34.2 Å². The van der Waals surface area contributed by atoms with Gasteiger partial charge in [0.15, 0.2) is 0 Å². The minimum absolute atomic E-state index is 0.0238. The first kappa shape index (κ1) is 28.7. The van der Waals surface area contributed by atoms with Crippen molar-refractivity contribution < 1.29 is 39.3 Å². The SMILES string of the molecule is NC(=O)CCC(NC(=O)C(N)CO)C(=O)NC(Cc1ccc(O)cc1)C(=O)NC(CS)C(=O)O. The first-order valence-corrected chi connectivity index (χ1v) is 10.8. The molecule has 0 bridgehead atoms. The highest BCUT2D eigenvalue weighted by Gasteiger charge is 2.30. The number of carbonyl (C=O) groups is 5. The lowest BCUT2D eigenvalue weighted by molar-refractivity contribution is -0.141. The van der Waals surface area contributed by atoms with Gasteiger partial charge in [-0.25, -0.2) is 4.79 Å². The molecule has 4 unspecified atom stereocenters. The Morgan fingerprint density at radius 3 is 1.94 bits per heavy atom. The van der Waals surface area contributed by atoms with Crippen molar-refractivity contribution in [3.8, 4) is 5.75 Å². The number of hydrogen-bond acceptors (Lipinski definition) is 9. The summed E-state index contributed by atoms with van der Waals surface area (Å²) >= 11 is 3.89. The molecule has 4 atom stereocenters. The van der Waals surface area contributed by atoms with Crippen molar-refractivity contribution in [1.29, 1.82) is 0 Å². The summed E-state index contributed by atoms with van der Waals surface area (Å²) in [5.41, 5.74) is 11.1. The Kier molecular flexibility index (Phi) is 11.8. The molecule has 188 valence electrons. The Balaban J connectivity index is 3.12. The number of aliphatic hydroxyl groups excluding tert-OH is 1. The van der Waals surface area contributed by atoms with Crippen LogP contribution in [0.1, 0.15) is 18.4 Å². The van der Waals surface area contributed by atoms with Gasteiger partial charge in [-0.15, -0.1) is 0 Å². The number of hydrogen-bond donors (Lipinski definition) is 9. The lowest BCUT2D eigenvalue weighted by atomic mass is 10.0. The Morgan fingerprint density at radius 2 is 1.44 bits per heavy atom. The summed E-state index contributed by atoms with van der Waals surface area (Å²) in [6, 6.07) is 0.461. The van der Waals surface area contributed by atoms with Gasteiger partial charge in [0.25, 0.3) is 0 Å². The number of aliphatic carboxylic acids is 1. The number of thiol groups is 1. The van der Waals surface area contributed by atoms with E-state index in [1.807, 2.05) is 0 Å². The van der Waals surface area contributed by atoms with Gasteiger partial charge in [0.2, 0.25) is 23.6 Å². The van der Waals surface area contributed by atoms with Crippen molar-refractivity contribution in [1.82, 2.24) is 16.0 Å². The molecule has 0 aromatic heterocycles. The van der Waals surface area contributed by atoms with Crippen LogP contribution in [0.5, 0.6) is 5.75 Å². The van der Waals surface area contributed by atoms with E-state index >= 15 is 0 Å². The summed E-state index contributed by atoms with van der Waals surface area (Å²) < 4.78 is 0. The highest BCUT2D eigenvalue weighted by Crippen LogP contribution is 2.12. The Hall–Kier alpha value is -3.36. The van der Waals surface area contributed by atoms with Crippen LogP contribution in [0.4, 0.5) is 0 Å². The van der Waals surface area contributed by atoms with E-state index in [0.717, 1.165) is 0 Å². The minimum Gasteiger partial charge on any atom is -0.508 e. The fourth-order valence-corrected chi connectivity index (χ4v) is 2.97. The van der Waals surface area contributed by atoms with Crippen LogP contribution in [0.25, 0.3) is 0 Å². The van der Waals surface area contributed by atoms with Crippen LogP contribution in [-0.2, 0) is 30.4 Å². The largest absolute Gasteiger partial charge is 0.508 e. The molecule has 34 heavy (non-hydrogen) atoms. The molecule has 13 nitrogen and oxygen atoms in total. The summed E-state index contributed by atoms with van der Waals surface area (Å²) in [6.07, 6.45) is -0.585. The van der Waals surface area contributed by atoms with Gasteiger partial charge >= 0.3 is 5.97 Å². The van der Waals surface area contributed by atoms with Gasteiger partial charge < -0.3 is 42.7 Å². The third-order valence-corrected chi connectivity index (χ3v) is 5.02. The van der Waals surface area contributed by atoms with E-state index in [1.165, 1.54) is 24.3 Å². The highest BCUT2D eigenvalue weighted by molar-refractivity contribution is 7.80. The number of phenolic OH excluding ortho intramolecular Hbond substituents is 1. The fourth-order valence-electron chi connectivity index (χ4n) is 2.72. The number of phenols is 1. The molecule has 0 fully saturated rings. The van der Waals surface area contributed by atoms with Gasteiger partial charge in [-0.1, -0.05) is 12.1 Å². The smallest absolute Gasteiger partial charge is 0.327 e. The maximum absolute atomic E-state index is 12.9. The number of aliphatic hydroxyl groups is 1. The number of carboxylic acids is 1. The molecule has 0 saturated heterocycles. The molecule has 0 aliphatic carbocycles. The molecule has 4 amide bonds. The second-order valence-electron chi connectivity index (χ2n) is 7.37. The monoisotopic (exact) mass is 499 g/mol. The third-order valence-electron chi connectivity index (χ3n) is 4.65. The molecule has 0 heterocycles. The molecule has 1 aromatic carbocycles. The van der Waals surface area contributed by atoms with E-state index in [2.05, 4.69) is 28.6 Å². The number of amides is 4. The van der Waals surface area contributed by atoms with E-state index in [-0.39, 0.29) is 30.8 Å². The minimum atomic E-state index is -1.33. The predicted octanol–water partition coefficient (Wildman–Crippen LogP) is -3.01. The standard InChI is InChI=1S/C20H29N5O8S/c21-12(8-26)17(29)23-13(5-6-16(22)28)18(30)24-14(7-10-1-3-11(27)4-2-10)19(31)25-15(9-34)20(32)33/h1-4,12-15,26-27,34H,5-9,21H2,(H2,22,28)(H,23,29)(H,24,30)(H,25,31)(H,32,33). The van der Waals surface area contributed by atoms with Gasteiger partial charge in [-0.05, 0) is 24.1 Å². The second kappa shape index (κ2) is 14.0. The van der Waals surface area contributed by atoms with Crippen molar-refractivity contribution >= 4 is 42.2 Å². The zero-order valence-corrected chi connectivity index (χ0v) is 19.0. The summed E-state index contributed by atoms with van der Waals surface area (Å²) in [5, 5.41) is 34.7. The van der Waals surface area contributed by atoms with Crippen LogP contribution in [0.2, 0.25) is 0 Å².